The summed E-state index contributed by atoms with van der Waals surface area (Å²) in [7, 11) is -3.77. The van der Waals surface area contributed by atoms with E-state index in [1.54, 1.807) is 12.1 Å². The van der Waals surface area contributed by atoms with E-state index >= 15 is 0 Å². The number of piperidine rings is 1. The predicted molar refractivity (Wildman–Crippen MR) is 109 cm³/mol. The van der Waals surface area contributed by atoms with E-state index in [9.17, 15) is 18.0 Å². The van der Waals surface area contributed by atoms with Crippen molar-refractivity contribution in [3.05, 3.63) is 24.3 Å². The van der Waals surface area contributed by atoms with Gasteiger partial charge >= 0.3 is 0 Å². The van der Waals surface area contributed by atoms with Crippen LogP contribution in [0.5, 0.6) is 0 Å². The summed E-state index contributed by atoms with van der Waals surface area (Å²) in [6.07, 6.45) is 3.44. The Kier molecular flexibility index (Phi) is 8.23. The lowest BCUT2D eigenvalue weighted by molar-refractivity contribution is -0.122. The first kappa shape index (κ1) is 22.6. The first-order valence-corrected chi connectivity index (χ1v) is 10.8. The average molecular weight is 431 g/mol. The minimum absolute atomic E-state index is 0. The van der Waals surface area contributed by atoms with Crippen molar-refractivity contribution in [3.63, 3.8) is 0 Å². The highest BCUT2D eigenvalue weighted by molar-refractivity contribution is 7.89. The van der Waals surface area contributed by atoms with Crippen molar-refractivity contribution in [2.75, 3.05) is 38.0 Å². The van der Waals surface area contributed by atoms with Crippen molar-refractivity contribution in [1.82, 2.24) is 14.9 Å². The van der Waals surface area contributed by atoms with Crippen molar-refractivity contribution in [2.24, 2.45) is 5.92 Å². The molecule has 2 fully saturated rings. The highest BCUT2D eigenvalue weighted by Crippen LogP contribution is 2.21. The van der Waals surface area contributed by atoms with Gasteiger partial charge in [-0.1, -0.05) is 6.07 Å². The van der Waals surface area contributed by atoms with Crippen LogP contribution in [0.3, 0.4) is 0 Å². The molecule has 0 aliphatic carbocycles. The molecular formula is C18H27ClN4O4S. The van der Waals surface area contributed by atoms with Gasteiger partial charge in [0.15, 0.2) is 0 Å². The number of halogens is 1. The van der Waals surface area contributed by atoms with Gasteiger partial charge in [-0.05, 0) is 56.5 Å². The number of nitrogens with zero attached hydrogens (tertiary/aromatic N) is 1. The maximum absolute atomic E-state index is 12.7. The normalized spacial score (nSPS) is 18.8. The molecule has 1 aromatic rings. The molecule has 8 nitrogen and oxygen atoms in total. The van der Waals surface area contributed by atoms with E-state index in [-0.39, 0.29) is 42.2 Å². The number of hydrogen-bond acceptors (Lipinski definition) is 5. The number of amides is 2. The SMILES string of the molecule is Cl.O=C1CN(S(=O)(=O)c2cccc(NC(=O)CCC3CCNCC3)c2)CCN1. The second-order valence-corrected chi connectivity index (χ2v) is 8.93. The molecule has 0 aromatic heterocycles. The van der Waals surface area contributed by atoms with E-state index in [0.29, 0.717) is 24.6 Å². The maximum Gasteiger partial charge on any atom is 0.243 e. The Morgan fingerprint density at radius 1 is 1.21 bits per heavy atom. The molecular weight excluding hydrogens is 404 g/mol. The second kappa shape index (κ2) is 10.2. The summed E-state index contributed by atoms with van der Waals surface area (Å²) in [6, 6.07) is 6.19. The van der Waals surface area contributed by atoms with Crippen molar-refractivity contribution in [3.8, 4) is 0 Å². The molecule has 0 radical (unpaired) electrons. The van der Waals surface area contributed by atoms with Gasteiger partial charge < -0.3 is 16.0 Å². The summed E-state index contributed by atoms with van der Waals surface area (Å²) in [5.41, 5.74) is 0.452. The number of carbonyl (C=O) groups excluding carboxylic acids is 2. The van der Waals surface area contributed by atoms with E-state index in [1.807, 2.05) is 0 Å². The van der Waals surface area contributed by atoms with Crippen molar-refractivity contribution < 1.29 is 18.0 Å². The third-order valence-corrected chi connectivity index (χ3v) is 6.84. The minimum atomic E-state index is -3.77. The fourth-order valence-corrected chi connectivity index (χ4v) is 4.88. The summed E-state index contributed by atoms with van der Waals surface area (Å²) in [6.45, 7) is 2.35. The molecule has 1 aromatic carbocycles. The Morgan fingerprint density at radius 2 is 1.96 bits per heavy atom. The predicted octanol–water partition coefficient (Wildman–Crippen LogP) is 0.947. The smallest absolute Gasteiger partial charge is 0.243 e. The van der Waals surface area contributed by atoms with Gasteiger partial charge in [0.1, 0.15) is 0 Å². The highest BCUT2D eigenvalue weighted by Gasteiger charge is 2.29. The van der Waals surface area contributed by atoms with Crippen LogP contribution >= 0.6 is 12.4 Å². The molecule has 0 spiro atoms. The minimum Gasteiger partial charge on any atom is -0.354 e. The molecule has 10 heteroatoms. The molecule has 2 aliphatic rings. The molecule has 0 saturated carbocycles. The van der Waals surface area contributed by atoms with Gasteiger partial charge in [0, 0.05) is 25.2 Å². The lowest BCUT2D eigenvalue weighted by Crippen LogP contribution is -2.49. The molecule has 156 valence electrons. The number of anilines is 1. The van der Waals surface area contributed by atoms with Gasteiger partial charge in [-0.25, -0.2) is 8.42 Å². The number of carbonyl (C=O) groups is 2. The van der Waals surface area contributed by atoms with Gasteiger partial charge in [0.25, 0.3) is 0 Å². The summed E-state index contributed by atoms with van der Waals surface area (Å²) in [4.78, 5) is 23.8. The van der Waals surface area contributed by atoms with Crippen LogP contribution in [0.2, 0.25) is 0 Å². The molecule has 2 amide bonds. The zero-order valence-electron chi connectivity index (χ0n) is 15.6. The van der Waals surface area contributed by atoms with Gasteiger partial charge in [0.05, 0.1) is 11.4 Å². The number of sulfonamides is 1. The number of hydrogen-bond donors (Lipinski definition) is 3. The fourth-order valence-electron chi connectivity index (χ4n) is 3.43. The first-order chi connectivity index (χ1) is 12.9. The quantitative estimate of drug-likeness (QED) is 0.622. The number of rotatable bonds is 6. The van der Waals surface area contributed by atoms with Crippen LogP contribution < -0.4 is 16.0 Å². The van der Waals surface area contributed by atoms with Crippen LogP contribution in [-0.2, 0) is 19.6 Å². The standard InChI is InChI=1S/C18H26N4O4S.ClH/c23-17(5-4-14-6-8-19-9-7-14)21-15-2-1-3-16(12-15)27(25,26)22-11-10-20-18(24)13-22;/h1-3,12,14,19H,4-11,13H2,(H,20,24)(H,21,23);1H. The Hall–Kier alpha value is -1.68. The third kappa shape index (κ3) is 5.91. The largest absolute Gasteiger partial charge is 0.354 e. The van der Waals surface area contributed by atoms with Crippen molar-refractivity contribution >= 4 is 39.9 Å². The van der Waals surface area contributed by atoms with Crippen molar-refractivity contribution in [1.29, 1.82) is 0 Å². The monoisotopic (exact) mass is 430 g/mol. The Labute approximate surface area is 171 Å². The van der Waals surface area contributed by atoms with E-state index in [1.165, 1.54) is 12.1 Å². The van der Waals surface area contributed by atoms with Crippen LogP contribution in [0.15, 0.2) is 29.2 Å². The lowest BCUT2D eigenvalue weighted by atomic mass is 9.93. The highest BCUT2D eigenvalue weighted by atomic mass is 35.5. The number of piperazine rings is 1. The van der Waals surface area contributed by atoms with Gasteiger partial charge in [-0.2, -0.15) is 4.31 Å². The topological polar surface area (TPSA) is 108 Å². The molecule has 0 bridgehead atoms. The molecule has 3 rings (SSSR count). The van der Waals surface area contributed by atoms with Gasteiger partial charge in [-0.15, -0.1) is 12.4 Å². The van der Waals surface area contributed by atoms with Crippen LogP contribution in [0, 0.1) is 5.92 Å². The average Bonchev–Trinajstić information content (AvgIpc) is 2.67. The molecule has 0 unspecified atom stereocenters. The summed E-state index contributed by atoms with van der Waals surface area (Å²) >= 11 is 0. The van der Waals surface area contributed by atoms with E-state index < -0.39 is 10.0 Å². The molecule has 2 saturated heterocycles. The van der Waals surface area contributed by atoms with Crippen LogP contribution in [-0.4, -0.2) is 57.3 Å². The Bertz CT molecular complexity index is 797. The van der Waals surface area contributed by atoms with Crippen LogP contribution in [0.25, 0.3) is 0 Å². The zero-order chi connectivity index (χ0) is 19.3. The molecule has 28 heavy (non-hydrogen) atoms. The Balaban J connectivity index is 0.00000280. The van der Waals surface area contributed by atoms with Crippen molar-refractivity contribution in [2.45, 2.75) is 30.6 Å². The van der Waals surface area contributed by atoms with E-state index in [4.69, 9.17) is 0 Å². The lowest BCUT2D eigenvalue weighted by Gasteiger charge is -2.26. The second-order valence-electron chi connectivity index (χ2n) is 7.00. The number of benzene rings is 1. The molecule has 2 heterocycles. The summed E-state index contributed by atoms with van der Waals surface area (Å²) in [5, 5.41) is 8.70. The first-order valence-electron chi connectivity index (χ1n) is 9.32. The summed E-state index contributed by atoms with van der Waals surface area (Å²) in [5.74, 6) is 0.140. The van der Waals surface area contributed by atoms with Gasteiger partial charge in [-0.3, -0.25) is 9.59 Å². The zero-order valence-corrected chi connectivity index (χ0v) is 17.3. The molecule has 3 N–H and O–H groups in total. The van der Waals surface area contributed by atoms with E-state index in [0.717, 1.165) is 36.7 Å². The Morgan fingerprint density at radius 3 is 2.68 bits per heavy atom. The van der Waals surface area contributed by atoms with Gasteiger partial charge in [0.2, 0.25) is 21.8 Å². The van der Waals surface area contributed by atoms with Crippen LogP contribution in [0.4, 0.5) is 5.69 Å². The molecule has 0 atom stereocenters. The maximum atomic E-state index is 12.7. The third-order valence-electron chi connectivity index (χ3n) is 5.00. The fraction of sp³-hybridized carbons (Fsp3) is 0.556. The van der Waals surface area contributed by atoms with E-state index in [2.05, 4.69) is 16.0 Å². The summed E-state index contributed by atoms with van der Waals surface area (Å²) < 4.78 is 26.6. The number of nitrogens with one attached hydrogen (secondary N) is 3. The molecule has 2 aliphatic heterocycles. The van der Waals surface area contributed by atoms with Crippen LogP contribution in [0.1, 0.15) is 25.7 Å².